The van der Waals surface area contributed by atoms with Crippen LogP contribution in [0.5, 0.6) is 0 Å². The van der Waals surface area contributed by atoms with E-state index in [2.05, 4.69) is 22.0 Å². The van der Waals surface area contributed by atoms with E-state index in [0.29, 0.717) is 11.9 Å². The minimum Gasteiger partial charge on any atom is -0.367 e. The highest BCUT2D eigenvalue weighted by atomic mass is 32.2. The number of hydrogen-bond acceptors (Lipinski definition) is 5. The molecular formula is C12H20N4S. The summed E-state index contributed by atoms with van der Waals surface area (Å²) in [6.07, 6.45) is 7.26. The molecule has 1 aliphatic rings. The molecule has 0 bridgehead atoms. The van der Waals surface area contributed by atoms with E-state index in [0.717, 1.165) is 11.1 Å². The van der Waals surface area contributed by atoms with Crippen molar-refractivity contribution in [1.29, 1.82) is 0 Å². The Bertz CT molecular complexity index is 350. The quantitative estimate of drug-likeness (QED) is 0.567. The number of nitrogen functional groups attached to an aromatic ring is 1. The predicted octanol–water partition coefficient (Wildman–Crippen LogP) is 2.45. The molecule has 1 saturated carbocycles. The molecule has 17 heavy (non-hydrogen) atoms. The maximum atomic E-state index is 5.35. The number of rotatable bonds is 4. The highest BCUT2D eigenvalue weighted by Crippen LogP contribution is 2.28. The summed E-state index contributed by atoms with van der Waals surface area (Å²) in [4.78, 5) is 4.37. The number of thioether (sulfide) groups is 1. The van der Waals surface area contributed by atoms with E-state index >= 15 is 0 Å². The standard InChI is InChI=1S/C12H20N4S/c1-17-10-7-5-9(6-8-10)14-11-3-2-4-12(15-11)16-13/h2-4,9-10H,5-8,13H2,1H3,(H2,14,15,16). The van der Waals surface area contributed by atoms with Crippen molar-refractivity contribution in [2.75, 3.05) is 17.0 Å². The fourth-order valence-electron chi connectivity index (χ4n) is 2.25. The van der Waals surface area contributed by atoms with Gasteiger partial charge in [-0.1, -0.05) is 6.07 Å². The SMILES string of the molecule is CSC1CCC(Nc2cccc(NN)n2)CC1. The topological polar surface area (TPSA) is 63.0 Å². The van der Waals surface area contributed by atoms with Crippen LogP contribution >= 0.6 is 11.8 Å². The number of hydrogen-bond donors (Lipinski definition) is 3. The molecule has 1 fully saturated rings. The molecule has 4 nitrogen and oxygen atoms in total. The Hall–Kier alpha value is -0.940. The summed E-state index contributed by atoms with van der Waals surface area (Å²) in [5.41, 5.74) is 2.57. The Morgan fingerprint density at radius 2 is 1.94 bits per heavy atom. The molecule has 1 aliphatic carbocycles. The second-order valence-electron chi connectivity index (χ2n) is 4.41. The average molecular weight is 252 g/mol. The predicted molar refractivity (Wildman–Crippen MR) is 75.2 cm³/mol. The first-order chi connectivity index (χ1) is 8.31. The van der Waals surface area contributed by atoms with Crippen molar-refractivity contribution in [3.63, 3.8) is 0 Å². The van der Waals surface area contributed by atoms with Gasteiger partial charge in [0.1, 0.15) is 11.6 Å². The lowest BCUT2D eigenvalue weighted by molar-refractivity contribution is 0.472. The molecule has 2 rings (SSSR count). The number of hydrazine groups is 1. The molecule has 1 aromatic rings. The monoisotopic (exact) mass is 252 g/mol. The van der Waals surface area contributed by atoms with Crippen LogP contribution in [0, 0.1) is 0 Å². The van der Waals surface area contributed by atoms with E-state index in [1.165, 1.54) is 25.7 Å². The van der Waals surface area contributed by atoms with Crippen LogP contribution < -0.4 is 16.6 Å². The first-order valence-corrected chi connectivity index (χ1v) is 7.33. The number of anilines is 2. The second-order valence-corrected chi connectivity index (χ2v) is 5.54. The molecule has 1 heterocycles. The van der Waals surface area contributed by atoms with Crippen molar-refractivity contribution in [2.45, 2.75) is 37.0 Å². The number of pyridine rings is 1. The molecule has 5 heteroatoms. The van der Waals surface area contributed by atoms with Crippen LogP contribution in [0.1, 0.15) is 25.7 Å². The van der Waals surface area contributed by atoms with E-state index in [-0.39, 0.29) is 0 Å². The normalized spacial score (nSPS) is 24.4. The van der Waals surface area contributed by atoms with Gasteiger partial charge in [-0.2, -0.15) is 11.8 Å². The molecule has 0 spiro atoms. The Morgan fingerprint density at radius 3 is 2.59 bits per heavy atom. The molecule has 0 unspecified atom stereocenters. The minimum atomic E-state index is 0.555. The molecule has 0 radical (unpaired) electrons. The summed E-state index contributed by atoms with van der Waals surface area (Å²) in [7, 11) is 0. The molecule has 94 valence electrons. The highest BCUT2D eigenvalue weighted by Gasteiger charge is 2.20. The third kappa shape index (κ3) is 3.51. The van der Waals surface area contributed by atoms with E-state index in [1.54, 1.807) is 0 Å². The minimum absolute atomic E-state index is 0.555. The summed E-state index contributed by atoms with van der Waals surface area (Å²) < 4.78 is 0. The zero-order chi connectivity index (χ0) is 12.1. The lowest BCUT2D eigenvalue weighted by Crippen LogP contribution is -2.27. The molecule has 0 amide bonds. The van der Waals surface area contributed by atoms with E-state index in [9.17, 15) is 0 Å². The van der Waals surface area contributed by atoms with Crippen LogP contribution in [0.3, 0.4) is 0 Å². The summed E-state index contributed by atoms with van der Waals surface area (Å²) in [5, 5.41) is 4.33. The van der Waals surface area contributed by atoms with Crippen LogP contribution in [-0.2, 0) is 0 Å². The first-order valence-electron chi connectivity index (χ1n) is 6.05. The fraction of sp³-hybridized carbons (Fsp3) is 0.583. The van der Waals surface area contributed by atoms with Gasteiger partial charge in [0.25, 0.3) is 0 Å². The van der Waals surface area contributed by atoms with Crippen LogP contribution in [0.2, 0.25) is 0 Å². The number of nitrogens with zero attached hydrogens (tertiary/aromatic N) is 1. The Balaban J connectivity index is 1.88. The zero-order valence-corrected chi connectivity index (χ0v) is 11.0. The molecule has 0 saturated heterocycles. The Kier molecular flexibility index (Phi) is 4.50. The van der Waals surface area contributed by atoms with Crippen LogP contribution in [-0.4, -0.2) is 22.5 Å². The van der Waals surface area contributed by atoms with Gasteiger partial charge in [-0.25, -0.2) is 10.8 Å². The third-order valence-corrected chi connectivity index (χ3v) is 4.39. The molecule has 4 N–H and O–H groups in total. The van der Waals surface area contributed by atoms with Gasteiger partial charge in [0, 0.05) is 11.3 Å². The van der Waals surface area contributed by atoms with Gasteiger partial charge in [0.15, 0.2) is 0 Å². The molecular weight excluding hydrogens is 232 g/mol. The summed E-state index contributed by atoms with van der Waals surface area (Å²) >= 11 is 1.99. The van der Waals surface area contributed by atoms with Gasteiger partial charge < -0.3 is 10.7 Å². The van der Waals surface area contributed by atoms with Crippen molar-refractivity contribution < 1.29 is 0 Å². The largest absolute Gasteiger partial charge is 0.367 e. The van der Waals surface area contributed by atoms with Gasteiger partial charge in [-0.05, 0) is 44.1 Å². The van der Waals surface area contributed by atoms with Crippen molar-refractivity contribution in [1.82, 2.24) is 4.98 Å². The lowest BCUT2D eigenvalue weighted by atomic mass is 9.95. The maximum absolute atomic E-state index is 5.35. The van der Waals surface area contributed by atoms with Gasteiger partial charge in [0.05, 0.1) is 0 Å². The van der Waals surface area contributed by atoms with Crippen molar-refractivity contribution >= 4 is 23.4 Å². The van der Waals surface area contributed by atoms with Gasteiger partial charge >= 0.3 is 0 Å². The number of nitrogens with two attached hydrogens (primary N) is 1. The van der Waals surface area contributed by atoms with Crippen LogP contribution in [0.25, 0.3) is 0 Å². The second kappa shape index (κ2) is 6.12. The molecule has 0 atom stereocenters. The summed E-state index contributed by atoms with van der Waals surface area (Å²) in [5.74, 6) is 6.96. The number of aromatic nitrogens is 1. The number of nitrogens with one attached hydrogen (secondary N) is 2. The fourth-order valence-corrected chi connectivity index (χ4v) is 2.99. The van der Waals surface area contributed by atoms with Crippen molar-refractivity contribution in [3.8, 4) is 0 Å². The molecule has 0 aromatic carbocycles. The summed E-state index contributed by atoms with van der Waals surface area (Å²) in [6, 6.07) is 6.36. The van der Waals surface area contributed by atoms with Crippen molar-refractivity contribution in [2.24, 2.45) is 5.84 Å². The Labute approximate surface area is 107 Å². The van der Waals surface area contributed by atoms with Crippen LogP contribution in [0.15, 0.2) is 18.2 Å². The van der Waals surface area contributed by atoms with Gasteiger partial charge in [-0.3, -0.25) is 0 Å². The first kappa shape index (κ1) is 12.5. The highest BCUT2D eigenvalue weighted by molar-refractivity contribution is 7.99. The lowest BCUT2D eigenvalue weighted by Gasteiger charge is -2.28. The van der Waals surface area contributed by atoms with E-state index in [4.69, 9.17) is 5.84 Å². The van der Waals surface area contributed by atoms with Gasteiger partial charge in [0.2, 0.25) is 0 Å². The van der Waals surface area contributed by atoms with Gasteiger partial charge in [-0.15, -0.1) is 0 Å². The molecule has 1 aromatic heterocycles. The average Bonchev–Trinajstić information content (AvgIpc) is 2.40. The van der Waals surface area contributed by atoms with E-state index in [1.807, 2.05) is 30.0 Å². The third-order valence-electron chi connectivity index (χ3n) is 3.26. The van der Waals surface area contributed by atoms with Crippen molar-refractivity contribution in [3.05, 3.63) is 18.2 Å². The molecule has 0 aliphatic heterocycles. The van der Waals surface area contributed by atoms with E-state index < -0.39 is 0 Å². The zero-order valence-electron chi connectivity index (χ0n) is 10.1. The smallest absolute Gasteiger partial charge is 0.142 e. The maximum Gasteiger partial charge on any atom is 0.142 e. The van der Waals surface area contributed by atoms with Crippen LogP contribution in [0.4, 0.5) is 11.6 Å². The summed E-state index contributed by atoms with van der Waals surface area (Å²) in [6.45, 7) is 0. The Morgan fingerprint density at radius 1 is 1.24 bits per heavy atom.